The number of piperazine rings is 1. The van der Waals surface area contributed by atoms with E-state index in [1.54, 1.807) is 11.1 Å². The predicted octanol–water partition coefficient (Wildman–Crippen LogP) is 4.88. The molecule has 0 radical (unpaired) electrons. The second-order valence-corrected chi connectivity index (χ2v) is 11.1. The number of para-hydroxylation sites is 1. The summed E-state index contributed by atoms with van der Waals surface area (Å²) >= 11 is 0. The molecule has 2 aromatic carbocycles. The van der Waals surface area contributed by atoms with Crippen LogP contribution in [0.1, 0.15) is 46.3 Å². The lowest BCUT2D eigenvalue weighted by atomic mass is 10.1. The van der Waals surface area contributed by atoms with Gasteiger partial charge in [-0.2, -0.15) is 4.98 Å². The van der Waals surface area contributed by atoms with Gasteiger partial charge in [0.25, 0.3) is 0 Å². The monoisotopic (exact) mass is 555 g/mol. The van der Waals surface area contributed by atoms with E-state index in [9.17, 15) is 9.59 Å². The number of carbonyl (C=O) groups is 2. The quantitative estimate of drug-likeness (QED) is 0.448. The maximum atomic E-state index is 13.9. The second-order valence-electron chi connectivity index (χ2n) is 11.1. The minimum Gasteiger partial charge on any atom is -0.462 e. The van der Waals surface area contributed by atoms with Crippen molar-refractivity contribution in [1.82, 2.24) is 14.9 Å². The van der Waals surface area contributed by atoms with E-state index in [1.165, 1.54) is 0 Å². The predicted molar refractivity (Wildman–Crippen MR) is 160 cm³/mol. The third kappa shape index (κ3) is 5.44. The van der Waals surface area contributed by atoms with Crippen molar-refractivity contribution in [3.63, 3.8) is 0 Å². The fourth-order valence-electron chi connectivity index (χ4n) is 5.91. The van der Waals surface area contributed by atoms with Crippen LogP contribution < -0.4 is 20.0 Å². The molecule has 1 aromatic heterocycles. The Balaban J connectivity index is 1.35. The first-order chi connectivity index (χ1) is 19.9. The Bertz CT molecular complexity index is 1450. The van der Waals surface area contributed by atoms with Crippen molar-refractivity contribution in [3.8, 4) is 0 Å². The zero-order valence-electron chi connectivity index (χ0n) is 24.0. The Morgan fingerprint density at radius 1 is 0.902 bits per heavy atom. The van der Waals surface area contributed by atoms with Gasteiger partial charge >= 0.3 is 12.0 Å². The van der Waals surface area contributed by atoms with Crippen molar-refractivity contribution < 1.29 is 14.3 Å². The van der Waals surface area contributed by atoms with E-state index in [0.717, 1.165) is 73.5 Å². The van der Waals surface area contributed by atoms with Crippen molar-refractivity contribution in [2.45, 2.75) is 39.7 Å². The third-order valence-corrected chi connectivity index (χ3v) is 8.17. The number of amides is 2. The fraction of sp³-hybridized carbons (Fsp3) is 0.419. The molecule has 4 bridgehead atoms. The lowest BCUT2D eigenvalue weighted by Gasteiger charge is -2.37. The topological polar surface area (TPSA) is 94.1 Å². The highest BCUT2D eigenvalue weighted by atomic mass is 16.5. The maximum Gasteiger partial charge on any atom is 0.340 e. The second kappa shape index (κ2) is 11.4. The third-order valence-electron chi connectivity index (χ3n) is 8.17. The van der Waals surface area contributed by atoms with Crippen LogP contribution in [0.4, 0.5) is 33.6 Å². The average Bonchev–Trinajstić information content (AvgIpc) is 2.96. The molecule has 0 aliphatic carbocycles. The first-order valence-corrected chi connectivity index (χ1v) is 14.4. The number of ether oxygens (including phenoxy) is 1. The van der Waals surface area contributed by atoms with Crippen molar-refractivity contribution in [2.24, 2.45) is 0 Å². The van der Waals surface area contributed by atoms with E-state index in [1.807, 2.05) is 55.1 Å². The number of esters is 1. The molecular weight excluding hydrogens is 518 g/mol. The van der Waals surface area contributed by atoms with Gasteiger partial charge in [0.2, 0.25) is 5.95 Å². The largest absolute Gasteiger partial charge is 0.462 e. The lowest BCUT2D eigenvalue weighted by Crippen LogP contribution is -2.48. The maximum absolute atomic E-state index is 13.9. The van der Waals surface area contributed by atoms with E-state index < -0.39 is 0 Å². The zero-order valence-corrected chi connectivity index (χ0v) is 24.0. The summed E-state index contributed by atoms with van der Waals surface area (Å²) in [4.78, 5) is 44.8. The van der Waals surface area contributed by atoms with Gasteiger partial charge in [0.1, 0.15) is 5.82 Å². The van der Waals surface area contributed by atoms with Gasteiger partial charge in [-0.15, -0.1) is 0 Å². The van der Waals surface area contributed by atoms with Gasteiger partial charge in [0, 0.05) is 50.2 Å². The number of likely N-dealkylation sites (N-methyl/N-ethyl adjacent to an activating group) is 1. The molecule has 2 amide bonds. The van der Waals surface area contributed by atoms with Gasteiger partial charge < -0.3 is 19.9 Å². The minimum absolute atomic E-state index is 0.0888. The molecule has 0 atom stereocenters. The Hall–Kier alpha value is -4.18. The Morgan fingerprint density at radius 3 is 2.46 bits per heavy atom. The molecule has 3 aliphatic heterocycles. The van der Waals surface area contributed by atoms with Gasteiger partial charge in [0.15, 0.2) is 0 Å². The fourth-order valence-corrected chi connectivity index (χ4v) is 5.91. The van der Waals surface area contributed by atoms with Gasteiger partial charge in [-0.05, 0) is 69.5 Å². The number of nitrogens with zero attached hydrogens (tertiary/aromatic N) is 6. The zero-order chi connectivity index (χ0) is 28.5. The number of urea groups is 1. The van der Waals surface area contributed by atoms with Crippen LogP contribution in [0.25, 0.3) is 0 Å². The van der Waals surface area contributed by atoms with Gasteiger partial charge in [-0.25, -0.2) is 14.6 Å². The number of hydrogen-bond acceptors (Lipinski definition) is 8. The number of anilines is 5. The lowest BCUT2D eigenvalue weighted by molar-refractivity contribution is 0.0498. The van der Waals surface area contributed by atoms with Crippen molar-refractivity contribution in [2.75, 3.05) is 66.4 Å². The number of aromatic nitrogens is 2. The average molecular weight is 556 g/mol. The number of rotatable bonds is 2. The minimum atomic E-state index is -0.326. The van der Waals surface area contributed by atoms with Crippen molar-refractivity contribution >= 4 is 40.8 Å². The van der Waals surface area contributed by atoms with Gasteiger partial charge in [-0.1, -0.05) is 18.2 Å². The van der Waals surface area contributed by atoms with E-state index in [0.29, 0.717) is 42.7 Å². The highest BCUT2D eigenvalue weighted by Crippen LogP contribution is 2.35. The Kier molecular flexibility index (Phi) is 7.49. The highest BCUT2D eigenvalue weighted by Gasteiger charge is 2.34. The number of nitrogens with one attached hydrogen (secondary N) is 1. The SMILES string of the molecule is Cc1cccc(C)c1N1Cc2cnc3nc2N(CCCCCOC(=O)c2cc(ccc2N2CCN(C)CC2)N3)C1=O. The van der Waals surface area contributed by atoms with Gasteiger partial charge in [-0.3, -0.25) is 9.80 Å². The van der Waals surface area contributed by atoms with Crippen LogP contribution >= 0.6 is 0 Å². The summed E-state index contributed by atoms with van der Waals surface area (Å²) in [5.41, 5.74) is 6.04. The summed E-state index contributed by atoms with van der Waals surface area (Å²) in [6, 6.07) is 11.7. The molecule has 0 saturated carbocycles. The Morgan fingerprint density at radius 2 is 1.68 bits per heavy atom. The molecule has 6 rings (SSSR count). The molecule has 1 N–H and O–H groups in total. The molecule has 10 nitrogen and oxygen atoms in total. The first-order valence-electron chi connectivity index (χ1n) is 14.4. The number of cyclic esters (lactones) is 1. The summed E-state index contributed by atoms with van der Waals surface area (Å²) in [5, 5.41) is 3.27. The number of aryl methyl sites for hydroxylation is 2. The standard InChI is InChI=1S/C31H37N7O3/c1-21-8-7-9-22(2)27(21)38-20-23-19-32-30-33-24-10-11-26(36-15-13-35(3)14-16-36)25(18-24)29(39)41-17-6-4-5-12-37(31(38)40)28(23)34-30/h7-11,18-19H,4-6,12-17,20H2,1-3H3,(H,32,33,34). The van der Waals surface area contributed by atoms with Crippen molar-refractivity contribution in [1.29, 1.82) is 0 Å². The van der Waals surface area contributed by atoms with Gasteiger partial charge in [0.05, 0.1) is 30.1 Å². The van der Waals surface area contributed by atoms with Crippen LogP contribution in [0.2, 0.25) is 0 Å². The number of benzene rings is 2. The number of carbonyl (C=O) groups excluding carboxylic acids is 2. The molecule has 0 unspecified atom stereocenters. The van der Waals surface area contributed by atoms with Crippen molar-refractivity contribution in [3.05, 3.63) is 64.8 Å². The van der Waals surface area contributed by atoms with E-state index in [2.05, 4.69) is 27.1 Å². The molecule has 3 aromatic rings. The molecule has 41 heavy (non-hydrogen) atoms. The molecule has 0 spiro atoms. The Labute approximate surface area is 240 Å². The molecule has 1 fully saturated rings. The van der Waals surface area contributed by atoms with E-state index in [-0.39, 0.29) is 12.0 Å². The van der Waals surface area contributed by atoms with Crippen LogP contribution in [-0.4, -0.2) is 73.2 Å². The van der Waals surface area contributed by atoms with Crippen LogP contribution in [0.5, 0.6) is 0 Å². The highest BCUT2D eigenvalue weighted by molar-refractivity contribution is 6.06. The molecule has 3 aliphatic rings. The first kappa shape index (κ1) is 27.0. The van der Waals surface area contributed by atoms with E-state index >= 15 is 0 Å². The number of fused-ring (bicyclic) bond motifs is 3. The number of hydrogen-bond donors (Lipinski definition) is 1. The summed E-state index contributed by atoms with van der Waals surface area (Å²) in [6.45, 7) is 8.89. The van der Waals surface area contributed by atoms with Crippen LogP contribution in [0.3, 0.4) is 0 Å². The molecule has 214 valence electrons. The van der Waals surface area contributed by atoms with Crippen LogP contribution in [-0.2, 0) is 11.3 Å². The summed E-state index contributed by atoms with van der Waals surface area (Å²) in [6.07, 6.45) is 4.10. The smallest absolute Gasteiger partial charge is 0.340 e. The normalized spacial score (nSPS) is 18.4. The molecule has 1 saturated heterocycles. The summed E-state index contributed by atoms with van der Waals surface area (Å²) in [5.74, 6) is 0.684. The van der Waals surface area contributed by atoms with Crippen LogP contribution in [0, 0.1) is 13.8 Å². The molecule has 10 heteroatoms. The summed E-state index contributed by atoms with van der Waals surface area (Å²) in [7, 11) is 2.11. The molecular formula is C31H37N7O3. The van der Waals surface area contributed by atoms with E-state index in [4.69, 9.17) is 9.72 Å². The summed E-state index contributed by atoms with van der Waals surface area (Å²) < 4.78 is 5.74. The molecule has 4 heterocycles. The van der Waals surface area contributed by atoms with Crippen LogP contribution in [0.15, 0.2) is 42.6 Å².